The van der Waals surface area contributed by atoms with Crippen LogP contribution in [0.3, 0.4) is 0 Å². The Balaban J connectivity index is 1.50. The molecule has 30 heavy (non-hydrogen) atoms. The molecule has 3 aromatic rings. The fraction of sp³-hybridized carbons (Fsp3) is 0.174. The maximum Gasteiger partial charge on any atom is 0.255 e. The normalized spacial score (nSPS) is 22.2. The van der Waals surface area contributed by atoms with Crippen molar-refractivity contribution in [2.24, 2.45) is 4.99 Å². The van der Waals surface area contributed by atoms with Gasteiger partial charge in [0.15, 0.2) is 5.75 Å². The van der Waals surface area contributed by atoms with E-state index in [9.17, 15) is 5.11 Å². The van der Waals surface area contributed by atoms with Crippen molar-refractivity contribution in [3.8, 4) is 17.2 Å². The lowest BCUT2D eigenvalue weighted by Crippen LogP contribution is -2.38. The molecule has 0 radical (unpaired) electrons. The molecule has 152 valence electrons. The first-order valence-electron chi connectivity index (χ1n) is 9.69. The second-order valence-electron chi connectivity index (χ2n) is 7.23. The van der Waals surface area contributed by atoms with Crippen LogP contribution in [0, 0.1) is 0 Å². The van der Waals surface area contributed by atoms with Gasteiger partial charge in [0.1, 0.15) is 17.6 Å². The molecule has 7 nitrogen and oxygen atoms in total. The Morgan fingerprint density at radius 3 is 2.57 bits per heavy atom. The molecule has 2 atom stereocenters. The lowest BCUT2D eigenvalue weighted by molar-refractivity contribution is -0.193. The van der Waals surface area contributed by atoms with Crippen molar-refractivity contribution in [1.29, 1.82) is 0 Å². The van der Waals surface area contributed by atoms with E-state index >= 15 is 0 Å². The van der Waals surface area contributed by atoms with Crippen LogP contribution >= 0.6 is 0 Å². The number of hydrogen-bond acceptors (Lipinski definition) is 7. The van der Waals surface area contributed by atoms with Crippen LogP contribution in [0.25, 0.3) is 0 Å². The van der Waals surface area contributed by atoms with Gasteiger partial charge in [0.2, 0.25) is 5.72 Å². The number of hydrogen-bond donors (Lipinski definition) is 2. The number of nitrogens with one attached hydrogen (secondary N) is 1. The number of phenols is 1. The van der Waals surface area contributed by atoms with Crippen LogP contribution in [0.4, 0.5) is 0 Å². The van der Waals surface area contributed by atoms with Gasteiger partial charge in [-0.3, -0.25) is 0 Å². The average Bonchev–Trinajstić information content (AvgIpc) is 3.09. The summed E-state index contributed by atoms with van der Waals surface area (Å²) in [6.45, 7) is 0. The first-order valence-corrected chi connectivity index (χ1v) is 9.69. The van der Waals surface area contributed by atoms with Crippen LogP contribution < -0.4 is 15.1 Å². The molecule has 2 unspecified atom stereocenters. The molecule has 7 heteroatoms. The van der Waals surface area contributed by atoms with Crippen molar-refractivity contribution in [2.45, 2.75) is 18.2 Å². The number of hydroxylamine groups is 3. The van der Waals surface area contributed by atoms with E-state index in [1.54, 1.807) is 25.2 Å². The Morgan fingerprint density at radius 2 is 1.80 bits per heavy atom. The fourth-order valence-electron chi connectivity index (χ4n) is 3.74. The number of benzene rings is 3. The van der Waals surface area contributed by atoms with Crippen LogP contribution in [0.1, 0.15) is 23.7 Å². The summed E-state index contributed by atoms with van der Waals surface area (Å²) in [5.74, 6) is 1.82. The van der Waals surface area contributed by atoms with Crippen molar-refractivity contribution >= 4 is 5.96 Å². The number of guanidine groups is 1. The van der Waals surface area contributed by atoms with Gasteiger partial charge in [-0.1, -0.05) is 48.5 Å². The monoisotopic (exact) mass is 403 g/mol. The first kappa shape index (κ1) is 18.3. The number of nitrogens with zero attached hydrogens (tertiary/aromatic N) is 2. The molecule has 0 aliphatic carbocycles. The zero-order valence-corrected chi connectivity index (χ0v) is 16.4. The number of fused-ring (bicyclic) bond motifs is 2. The Bertz CT molecular complexity index is 1070. The van der Waals surface area contributed by atoms with E-state index in [1.807, 2.05) is 60.7 Å². The van der Waals surface area contributed by atoms with Crippen LogP contribution in [-0.4, -0.2) is 23.2 Å². The molecule has 5 rings (SSSR count). The van der Waals surface area contributed by atoms with E-state index in [0.29, 0.717) is 29.4 Å². The van der Waals surface area contributed by atoms with E-state index in [4.69, 9.17) is 19.4 Å². The highest BCUT2D eigenvalue weighted by Gasteiger charge is 2.49. The molecule has 2 heterocycles. The number of aromatic hydroxyl groups is 1. The van der Waals surface area contributed by atoms with Crippen LogP contribution in [0.15, 0.2) is 83.9 Å². The molecule has 3 aromatic carbocycles. The summed E-state index contributed by atoms with van der Waals surface area (Å²) in [5.41, 5.74) is 3.51. The number of rotatable bonds is 3. The maximum absolute atomic E-state index is 10.1. The van der Waals surface area contributed by atoms with Crippen molar-refractivity contribution in [3.63, 3.8) is 0 Å². The second kappa shape index (κ2) is 7.27. The smallest absolute Gasteiger partial charge is 0.255 e. The second-order valence-corrected chi connectivity index (χ2v) is 7.23. The highest BCUT2D eigenvalue weighted by molar-refractivity contribution is 5.80. The van der Waals surface area contributed by atoms with Gasteiger partial charge in [-0.25, -0.2) is 14.9 Å². The Labute approximate surface area is 174 Å². The Kier molecular flexibility index (Phi) is 4.44. The third-order valence-electron chi connectivity index (χ3n) is 5.16. The largest absolute Gasteiger partial charge is 0.508 e. The highest BCUT2D eigenvalue weighted by Crippen LogP contribution is 2.50. The Morgan fingerprint density at radius 1 is 1.07 bits per heavy atom. The zero-order chi connectivity index (χ0) is 20.6. The molecule has 0 bridgehead atoms. The standard InChI is InChI=1S/C23H21N3O4/c1-26-22(25-29-18-10-6-3-7-11-18)24-23(30-26)15-21(16-8-4-2-5-9-16)28-20-13-12-17(27)14-19(20)23/h2-14,21,27H,15H2,1H3,(H,24,25). The lowest BCUT2D eigenvalue weighted by atomic mass is 9.90. The van der Waals surface area contributed by atoms with Crippen LogP contribution in [0.2, 0.25) is 0 Å². The molecule has 0 amide bonds. The van der Waals surface area contributed by atoms with E-state index in [-0.39, 0.29) is 11.9 Å². The summed E-state index contributed by atoms with van der Waals surface area (Å²) >= 11 is 0. The lowest BCUT2D eigenvalue weighted by Gasteiger charge is -2.37. The number of phenolic OH excluding ortho intramolecular Hbond substituents is 1. The van der Waals surface area contributed by atoms with E-state index in [2.05, 4.69) is 5.48 Å². The van der Waals surface area contributed by atoms with Gasteiger partial charge in [0, 0.05) is 13.5 Å². The van der Waals surface area contributed by atoms with Gasteiger partial charge in [0.25, 0.3) is 5.96 Å². The summed E-state index contributed by atoms with van der Waals surface area (Å²) in [6, 6.07) is 24.3. The molecule has 1 spiro atoms. The SMILES string of the molecule is CN1OC2(CC(c3ccccc3)Oc3ccc(O)cc32)N=C1NOc1ccccc1. The van der Waals surface area contributed by atoms with Gasteiger partial charge in [-0.15, -0.1) is 0 Å². The minimum absolute atomic E-state index is 0.123. The minimum Gasteiger partial charge on any atom is -0.508 e. The molecule has 0 saturated carbocycles. The van der Waals surface area contributed by atoms with E-state index < -0.39 is 5.72 Å². The average molecular weight is 403 g/mol. The van der Waals surface area contributed by atoms with Crippen LogP contribution in [-0.2, 0) is 10.6 Å². The molecule has 2 aliphatic heterocycles. The summed E-state index contributed by atoms with van der Waals surface area (Å²) in [7, 11) is 1.75. The summed E-state index contributed by atoms with van der Waals surface area (Å²) in [4.78, 5) is 16.7. The highest BCUT2D eigenvalue weighted by atomic mass is 16.7. The van der Waals surface area contributed by atoms with Gasteiger partial charge < -0.3 is 14.7 Å². The summed E-state index contributed by atoms with van der Waals surface area (Å²) < 4.78 is 6.23. The minimum atomic E-state index is -1.05. The predicted molar refractivity (Wildman–Crippen MR) is 111 cm³/mol. The quantitative estimate of drug-likeness (QED) is 0.647. The topological polar surface area (TPSA) is 75.6 Å². The molecule has 0 fully saturated rings. The van der Waals surface area contributed by atoms with E-state index in [0.717, 1.165) is 5.56 Å². The van der Waals surface area contributed by atoms with Crippen LogP contribution in [0.5, 0.6) is 17.2 Å². The third-order valence-corrected chi connectivity index (χ3v) is 5.16. The first-order chi connectivity index (χ1) is 14.6. The van der Waals surface area contributed by atoms with Crippen molar-refractivity contribution in [3.05, 3.63) is 90.0 Å². The van der Waals surface area contributed by atoms with E-state index in [1.165, 1.54) is 5.06 Å². The van der Waals surface area contributed by atoms with Crippen molar-refractivity contribution < 1.29 is 19.5 Å². The predicted octanol–water partition coefficient (Wildman–Crippen LogP) is 3.89. The zero-order valence-electron chi connectivity index (χ0n) is 16.4. The maximum atomic E-state index is 10.1. The molecular formula is C23H21N3O4. The number of ether oxygens (including phenoxy) is 1. The van der Waals surface area contributed by atoms with Gasteiger partial charge in [-0.2, -0.15) is 5.48 Å². The third kappa shape index (κ3) is 3.29. The van der Waals surface area contributed by atoms with Gasteiger partial charge in [-0.05, 0) is 35.9 Å². The fourth-order valence-corrected chi connectivity index (χ4v) is 3.74. The summed E-state index contributed by atoms with van der Waals surface area (Å²) in [5, 5.41) is 11.6. The summed E-state index contributed by atoms with van der Waals surface area (Å²) in [6.07, 6.45) is 0.184. The molecule has 0 saturated heterocycles. The van der Waals surface area contributed by atoms with Crippen molar-refractivity contribution in [1.82, 2.24) is 10.5 Å². The Hall–Kier alpha value is -3.71. The molecule has 0 aromatic heterocycles. The van der Waals surface area contributed by atoms with Crippen molar-refractivity contribution in [2.75, 3.05) is 7.05 Å². The molecule has 2 aliphatic rings. The number of para-hydroxylation sites is 1. The molecule has 2 N–H and O–H groups in total. The van der Waals surface area contributed by atoms with Gasteiger partial charge in [0.05, 0.1) is 5.56 Å². The number of aliphatic imine (C=N–C) groups is 1. The molecular weight excluding hydrogens is 382 g/mol. The van der Waals surface area contributed by atoms with Gasteiger partial charge >= 0.3 is 0 Å².